The minimum atomic E-state index is 0.0881. The Bertz CT molecular complexity index is 1220. The molecule has 2 aromatic carbocycles. The average molecular weight is 411 g/mol. The molecule has 0 atom stereocenters. The van der Waals surface area contributed by atoms with Gasteiger partial charge in [-0.15, -0.1) is 0 Å². The van der Waals surface area contributed by atoms with Crippen LogP contribution in [-0.4, -0.2) is 39.3 Å². The lowest BCUT2D eigenvalue weighted by Gasteiger charge is -2.30. The average Bonchev–Trinajstić information content (AvgIpc) is 3.23. The highest BCUT2D eigenvalue weighted by Gasteiger charge is 2.21. The number of likely N-dealkylation sites (tertiary alicyclic amines) is 1. The van der Waals surface area contributed by atoms with Gasteiger partial charge in [-0.05, 0) is 55.2 Å². The van der Waals surface area contributed by atoms with E-state index in [9.17, 15) is 4.79 Å². The summed E-state index contributed by atoms with van der Waals surface area (Å²) in [6.07, 6.45) is 5.77. The second-order valence-corrected chi connectivity index (χ2v) is 8.36. The van der Waals surface area contributed by atoms with Crippen LogP contribution in [0.15, 0.2) is 73.1 Å². The van der Waals surface area contributed by atoms with Gasteiger partial charge in [0.05, 0.1) is 11.9 Å². The van der Waals surface area contributed by atoms with Gasteiger partial charge in [0, 0.05) is 36.5 Å². The number of benzene rings is 2. The Labute approximate surface area is 182 Å². The van der Waals surface area contributed by atoms with Crippen molar-refractivity contribution in [3.63, 3.8) is 0 Å². The molecule has 2 N–H and O–H groups in total. The Morgan fingerprint density at radius 3 is 2.26 bits per heavy atom. The lowest BCUT2D eigenvalue weighted by atomic mass is 10.0. The van der Waals surface area contributed by atoms with Crippen molar-refractivity contribution in [3.05, 3.63) is 84.2 Å². The first-order valence-electron chi connectivity index (χ1n) is 10.8. The Morgan fingerprint density at radius 2 is 1.55 bits per heavy atom. The molecule has 5 nitrogen and oxygen atoms in total. The molecule has 31 heavy (non-hydrogen) atoms. The second-order valence-electron chi connectivity index (χ2n) is 8.36. The number of nitrogens with zero attached hydrogens (tertiary/aromatic N) is 3. The summed E-state index contributed by atoms with van der Waals surface area (Å²) >= 11 is 0. The lowest BCUT2D eigenvalue weighted by molar-refractivity contribution is 0.0715. The summed E-state index contributed by atoms with van der Waals surface area (Å²) in [5.41, 5.74) is 13.2. The zero-order valence-corrected chi connectivity index (χ0v) is 17.7. The van der Waals surface area contributed by atoms with Gasteiger partial charge in [-0.3, -0.25) is 9.20 Å². The maximum Gasteiger partial charge on any atom is 0.253 e. The van der Waals surface area contributed by atoms with E-state index in [2.05, 4.69) is 52.8 Å². The van der Waals surface area contributed by atoms with Crippen LogP contribution in [0.2, 0.25) is 0 Å². The predicted molar refractivity (Wildman–Crippen MR) is 124 cm³/mol. The summed E-state index contributed by atoms with van der Waals surface area (Å²) in [6.45, 7) is 3.56. The molecule has 3 heterocycles. The number of nitrogens with two attached hydrogens (primary N) is 1. The number of aromatic nitrogens is 2. The Morgan fingerprint density at radius 1 is 0.903 bits per heavy atom. The molecule has 1 saturated heterocycles. The fourth-order valence-corrected chi connectivity index (χ4v) is 4.18. The standard InChI is InChI=1S/C26H26N4O/c1-18-2-4-20(5-3-18)24-16-28-25-11-10-22(17-30(24)25)19-6-8-21(9-7-19)26(31)29-14-12-23(27)13-15-29/h2-11,16-17,23H,12-15,27H2,1H3. The SMILES string of the molecule is Cc1ccc(-c2cnc3ccc(-c4ccc(C(=O)N5CCC(N)CC5)cc4)cn23)cc1. The number of aryl methyl sites for hydroxylation is 1. The van der Waals surface area contributed by atoms with Crippen LogP contribution in [0.3, 0.4) is 0 Å². The van der Waals surface area contributed by atoms with E-state index in [1.807, 2.05) is 41.4 Å². The van der Waals surface area contributed by atoms with E-state index in [4.69, 9.17) is 5.73 Å². The smallest absolute Gasteiger partial charge is 0.253 e. The summed E-state index contributed by atoms with van der Waals surface area (Å²) in [4.78, 5) is 19.2. The first-order valence-corrected chi connectivity index (χ1v) is 10.8. The Kier molecular flexibility index (Phi) is 5.04. The van der Waals surface area contributed by atoms with Crippen molar-refractivity contribution in [1.82, 2.24) is 14.3 Å². The van der Waals surface area contributed by atoms with Crippen LogP contribution in [0.1, 0.15) is 28.8 Å². The van der Waals surface area contributed by atoms with Gasteiger partial charge >= 0.3 is 0 Å². The van der Waals surface area contributed by atoms with Crippen LogP contribution in [-0.2, 0) is 0 Å². The van der Waals surface area contributed by atoms with E-state index in [-0.39, 0.29) is 11.9 Å². The van der Waals surface area contributed by atoms with Gasteiger partial charge in [-0.2, -0.15) is 0 Å². The summed E-state index contributed by atoms with van der Waals surface area (Å²) < 4.78 is 2.12. The number of pyridine rings is 1. The highest BCUT2D eigenvalue weighted by Crippen LogP contribution is 2.26. The third-order valence-electron chi connectivity index (χ3n) is 6.14. The maximum absolute atomic E-state index is 12.8. The zero-order valence-electron chi connectivity index (χ0n) is 17.7. The highest BCUT2D eigenvalue weighted by atomic mass is 16.2. The monoisotopic (exact) mass is 410 g/mol. The summed E-state index contributed by atoms with van der Waals surface area (Å²) in [6, 6.07) is 20.7. The van der Waals surface area contributed by atoms with E-state index in [0.717, 1.165) is 59.5 Å². The number of hydrogen-bond donors (Lipinski definition) is 1. The van der Waals surface area contributed by atoms with Crippen molar-refractivity contribution in [2.75, 3.05) is 13.1 Å². The van der Waals surface area contributed by atoms with E-state index >= 15 is 0 Å². The zero-order chi connectivity index (χ0) is 21.4. The third-order valence-corrected chi connectivity index (χ3v) is 6.14. The predicted octanol–water partition coefficient (Wildman–Crippen LogP) is 4.54. The van der Waals surface area contributed by atoms with Gasteiger partial charge < -0.3 is 10.6 Å². The highest BCUT2D eigenvalue weighted by molar-refractivity contribution is 5.94. The van der Waals surface area contributed by atoms with Crippen LogP contribution in [0.25, 0.3) is 28.0 Å². The number of carbonyl (C=O) groups is 1. The van der Waals surface area contributed by atoms with Gasteiger partial charge in [0.15, 0.2) is 0 Å². The van der Waals surface area contributed by atoms with Crippen LogP contribution >= 0.6 is 0 Å². The molecule has 0 radical (unpaired) electrons. The Hall–Kier alpha value is -3.44. The van der Waals surface area contributed by atoms with Gasteiger partial charge in [-0.25, -0.2) is 4.98 Å². The van der Waals surface area contributed by atoms with Gasteiger partial charge in [0.1, 0.15) is 5.65 Å². The molecule has 1 fully saturated rings. The van der Waals surface area contributed by atoms with Crippen molar-refractivity contribution < 1.29 is 4.79 Å². The first kappa shape index (κ1) is 19.5. The minimum Gasteiger partial charge on any atom is -0.339 e. The third kappa shape index (κ3) is 3.84. The topological polar surface area (TPSA) is 63.6 Å². The molecule has 2 aromatic heterocycles. The molecular formula is C26H26N4O. The number of carbonyl (C=O) groups excluding carboxylic acids is 1. The van der Waals surface area contributed by atoms with Crippen LogP contribution in [0.5, 0.6) is 0 Å². The molecule has 1 aliphatic rings. The lowest BCUT2D eigenvalue weighted by Crippen LogP contribution is -2.42. The van der Waals surface area contributed by atoms with Crippen molar-refractivity contribution >= 4 is 11.6 Å². The Balaban J connectivity index is 1.42. The summed E-state index contributed by atoms with van der Waals surface area (Å²) in [7, 11) is 0. The van der Waals surface area contributed by atoms with E-state index in [0.29, 0.717) is 0 Å². The molecule has 1 aliphatic heterocycles. The molecule has 0 bridgehead atoms. The van der Waals surface area contributed by atoms with Crippen molar-refractivity contribution in [2.45, 2.75) is 25.8 Å². The first-order chi connectivity index (χ1) is 15.1. The molecule has 0 unspecified atom stereocenters. The number of rotatable bonds is 3. The van der Waals surface area contributed by atoms with E-state index in [1.165, 1.54) is 5.56 Å². The van der Waals surface area contributed by atoms with Crippen molar-refractivity contribution in [3.8, 4) is 22.4 Å². The number of amides is 1. The molecule has 0 spiro atoms. The minimum absolute atomic E-state index is 0.0881. The van der Waals surface area contributed by atoms with E-state index < -0.39 is 0 Å². The number of hydrogen-bond acceptors (Lipinski definition) is 3. The van der Waals surface area contributed by atoms with Gasteiger partial charge in [-0.1, -0.05) is 42.0 Å². The molecule has 4 aromatic rings. The quantitative estimate of drug-likeness (QED) is 0.539. The van der Waals surface area contributed by atoms with Crippen LogP contribution in [0.4, 0.5) is 0 Å². The summed E-state index contributed by atoms with van der Waals surface area (Å²) in [5, 5.41) is 0. The van der Waals surface area contributed by atoms with Gasteiger partial charge in [0.25, 0.3) is 5.91 Å². The molecular weight excluding hydrogens is 384 g/mol. The van der Waals surface area contributed by atoms with Crippen molar-refractivity contribution in [1.29, 1.82) is 0 Å². The van der Waals surface area contributed by atoms with Gasteiger partial charge in [0.2, 0.25) is 0 Å². The van der Waals surface area contributed by atoms with Crippen LogP contribution in [0, 0.1) is 6.92 Å². The molecule has 0 aliphatic carbocycles. The fourth-order valence-electron chi connectivity index (χ4n) is 4.18. The molecule has 5 rings (SSSR count). The molecule has 0 saturated carbocycles. The fraction of sp³-hybridized carbons (Fsp3) is 0.231. The van der Waals surface area contributed by atoms with Crippen molar-refractivity contribution in [2.24, 2.45) is 5.73 Å². The number of imidazole rings is 1. The second kappa shape index (κ2) is 8.00. The molecule has 156 valence electrons. The van der Waals surface area contributed by atoms with E-state index in [1.54, 1.807) is 0 Å². The largest absolute Gasteiger partial charge is 0.339 e. The number of piperidine rings is 1. The normalized spacial score (nSPS) is 14.8. The number of fused-ring (bicyclic) bond motifs is 1. The summed E-state index contributed by atoms with van der Waals surface area (Å²) in [5.74, 6) is 0.0881. The molecule has 1 amide bonds. The maximum atomic E-state index is 12.8. The van der Waals surface area contributed by atoms with Crippen LogP contribution < -0.4 is 5.73 Å². The molecule has 5 heteroatoms.